The number of fused-ring (bicyclic) bond motifs is 1. The Bertz CT molecular complexity index is 2800. The van der Waals surface area contributed by atoms with Gasteiger partial charge in [0.15, 0.2) is 17.6 Å². The average molecular weight is 792 g/mol. The summed E-state index contributed by atoms with van der Waals surface area (Å²) >= 11 is 0. The Hall–Kier alpha value is -7.53. The molecule has 11 nitrogen and oxygen atoms in total. The summed E-state index contributed by atoms with van der Waals surface area (Å²) in [5.74, 6) is 0.207. The molecule has 11 heteroatoms. The van der Waals surface area contributed by atoms with Gasteiger partial charge in [0, 0.05) is 18.4 Å². The minimum Gasteiger partial charge on any atom is -0.477 e. The summed E-state index contributed by atoms with van der Waals surface area (Å²) < 4.78 is 3.70. The summed E-state index contributed by atoms with van der Waals surface area (Å²) in [4.78, 5) is 36.1. The van der Waals surface area contributed by atoms with Crippen LogP contribution in [-0.2, 0) is 28.1 Å². The number of hydrogen-bond acceptors (Lipinski definition) is 8. The van der Waals surface area contributed by atoms with Crippen LogP contribution in [0.4, 0.5) is 0 Å². The fourth-order valence-electron chi connectivity index (χ4n) is 8.24. The van der Waals surface area contributed by atoms with Crippen LogP contribution >= 0.6 is 0 Å². The normalized spacial score (nSPS) is 13.9. The number of hydrogen-bond donors (Lipinski definition) is 1. The number of tetrazole rings is 1. The molecule has 0 bridgehead atoms. The number of benzene rings is 6. The molecule has 60 heavy (non-hydrogen) atoms. The van der Waals surface area contributed by atoms with E-state index in [4.69, 9.17) is 20.1 Å². The number of aromatic nitrogens is 6. The van der Waals surface area contributed by atoms with E-state index < -0.39 is 17.6 Å². The fraction of sp³-hybridized carbons (Fsp3) is 0.163. The molecule has 1 N–H and O–H groups in total. The SMILES string of the molecule is CCCCc1nc2ccc(C3CC(C(=O)O)=NO3)cc2c(=O)n1Cc1ccc(-c2ccccc2-c2nnnn2C(c2ccccc2)(c2ccccc2)c2ccccc2)cc1. The molecule has 0 amide bonds. The fourth-order valence-corrected chi connectivity index (χ4v) is 8.24. The third-order valence-electron chi connectivity index (χ3n) is 11.2. The number of aryl methyl sites for hydroxylation is 1. The number of unbranched alkanes of at least 4 members (excludes halogenated alkanes) is 1. The molecule has 8 aromatic rings. The highest BCUT2D eigenvalue weighted by atomic mass is 16.6. The van der Waals surface area contributed by atoms with Crippen molar-refractivity contribution in [3.63, 3.8) is 0 Å². The van der Waals surface area contributed by atoms with Crippen LogP contribution in [0.15, 0.2) is 168 Å². The van der Waals surface area contributed by atoms with Gasteiger partial charge < -0.3 is 9.94 Å². The zero-order valence-electron chi connectivity index (χ0n) is 32.9. The van der Waals surface area contributed by atoms with Gasteiger partial charge in [-0.25, -0.2) is 14.5 Å². The number of carboxylic acids is 1. The summed E-state index contributed by atoms with van der Waals surface area (Å²) in [5, 5.41) is 27.4. The quantitative estimate of drug-likeness (QED) is 0.114. The largest absolute Gasteiger partial charge is 0.477 e. The van der Waals surface area contributed by atoms with Crippen molar-refractivity contribution in [2.45, 2.75) is 50.8 Å². The summed E-state index contributed by atoms with van der Waals surface area (Å²) in [6.45, 7) is 2.44. The molecule has 9 rings (SSSR count). The monoisotopic (exact) mass is 791 g/mol. The molecule has 0 radical (unpaired) electrons. The van der Waals surface area contributed by atoms with Crippen molar-refractivity contribution in [2.75, 3.05) is 0 Å². The van der Waals surface area contributed by atoms with Crippen LogP contribution in [0.2, 0.25) is 0 Å². The summed E-state index contributed by atoms with van der Waals surface area (Å²) in [6.07, 6.45) is 2.03. The molecule has 3 heterocycles. The molecule has 1 unspecified atom stereocenters. The highest BCUT2D eigenvalue weighted by molar-refractivity contribution is 6.35. The van der Waals surface area contributed by atoms with Gasteiger partial charge in [-0.05, 0) is 67.9 Å². The van der Waals surface area contributed by atoms with Gasteiger partial charge in [0.2, 0.25) is 0 Å². The lowest BCUT2D eigenvalue weighted by Gasteiger charge is -2.36. The first-order valence-electron chi connectivity index (χ1n) is 20.1. The average Bonchev–Trinajstić information content (AvgIpc) is 4.01. The Morgan fingerprint density at radius 2 is 1.40 bits per heavy atom. The van der Waals surface area contributed by atoms with E-state index in [0.29, 0.717) is 35.3 Å². The molecule has 6 aromatic carbocycles. The van der Waals surface area contributed by atoms with E-state index in [1.54, 1.807) is 16.7 Å². The second-order valence-corrected chi connectivity index (χ2v) is 14.9. The van der Waals surface area contributed by atoms with Crippen LogP contribution in [0, 0.1) is 0 Å². The van der Waals surface area contributed by atoms with Crippen molar-refractivity contribution >= 4 is 22.6 Å². The zero-order valence-corrected chi connectivity index (χ0v) is 32.9. The van der Waals surface area contributed by atoms with Gasteiger partial charge in [-0.2, -0.15) is 0 Å². The number of nitrogens with zero attached hydrogens (tertiary/aromatic N) is 7. The van der Waals surface area contributed by atoms with Crippen molar-refractivity contribution < 1.29 is 14.7 Å². The lowest BCUT2D eigenvalue weighted by molar-refractivity contribution is -0.129. The first-order chi connectivity index (χ1) is 29.4. The topological polar surface area (TPSA) is 137 Å². The zero-order chi connectivity index (χ0) is 41.1. The summed E-state index contributed by atoms with van der Waals surface area (Å²) in [5.41, 5.74) is 6.91. The molecule has 0 spiro atoms. The van der Waals surface area contributed by atoms with Crippen LogP contribution in [-0.4, -0.2) is 46.5 Å². The Morgan fingerprint density at radius 3 is 2.00 bits per heavy atom. The van der Waals surface area contributed by atoms with Crippen LogP contribution < -0.4 is 5.56 Å². The second kappa shape index (κ2) is 16.4. The maximum Gasteiger partial charge on any atom is 0.353 e. The number of carboxylic acid groups (broad SMARTS) is 1. The third-order valence-corrected chi connectivity index (χ3v) is 11.2. The lowest BCUT2D eigenvalue weighted by Crippen LogP contribution is -2.39. The molecular formula is C49H41N7O4. The molecule has 2 aromatic heterocycles. The Labute approximate surface area is 346 Å². The van der Waals surface area contributed by atoms with Crippen molar-refractivity contribution in [2.24, 2.45) is 5.16 Å². The van der Waals surface area contributed by atoms with Crippen LogP contribution in [0.25, 0.3) is 33.4 Å². The number of rotatable bonds is 13. The van der Waals surface area contributed by atoms with Gasteiger partial charge >= 0.3 is 5.97 Å². The summed E-state index contributed by atoms with van der Waals surface area (Å²) in [6, 6.07) is 52.8. The van der Waals surface area contributed by atoms with Crippen molar-refractivity contribution in [1.82, 2.24) is 29.8 Å². The van der Waals surface area contributed by atoms with E-state index in [9.17, 15) is 14.7 Å². The van der Waals surface area contributed by atoms with E-state index in [-0.39, 0.29) is 17.7 Å². The van der Waals surface area contributed by atoms with Gasteiger partial charge in [-0.1, -0.05) is 164 Å². The van der Waals surface area contributed by atoms with Crippen molar-refractivity contribution in [3.05, 3.63) is 202 Å². The van der Waals surface area contributed by atoms with E-state index in [1.165, 1.54) is 0 Å². The maximum absolute atomic E-state index is 14.3. The van der Waals surface area contributed by atoms with E-state index in [1.807, 2.05) is 89.6 Å². The Morgan fingerprint density at radius 1 is 0.783 bits per heavy atom. The molecule has 0 aliphatic carbocycles. The van der Waals surface area contributed by atoms with E-state index >= 15 is 0 Å². The van der Waals surface area contributed by atoms with Crippen LogP contribution in [0.5, 0.6) is 0 Å². The molecule has 0 fully saturated rings. The summed E-state index contributed by atoms with van der Waals surface area (Å²) in [7, 11) is 0. The predicted octanol–water partition coefficient (Wildman–Crippen LogP) is 8.85. The van der Waals surface area contributed by atoms with Crippen molar-refractivity contribution in [1.29, 1.82) is 0 Å². The van der Waals surface area contributed by atoms with E-state index in [2.05, 4.69) is 78.0 Å². The molecule has 1 atom stereocenters. The van der Waals surface area contributed by atoms with Crippen LogP contribution in [0.1, 0.15) is 65.9 Å². The Balaban J connectivity index is 1.10. The molecule has 296 valence electrons. The maximum atomic E-state index is 14.3. The molecule has 1 aliphatic heterocycles. The number of oxime groups is 1. The molecule has 1 aliphatic rings. The second-order valence-electron chi connectivity index (χ2n) is 14.9. The van der Waals surface area contributed by atoms with Gasteiger partial charge in [0.05, 0.1) is 17.4 Å². The molecule has 0 saturated carbocycles. The van der Waals surface area contributed by atoms with Gasteiger partial charge in [0.1, 0.15) is 11.4 Å². The van der Waals surface area contributed by atoms with Crippen LogP contribution in [0.3, 0.4) is 0 Å². The lowest BCUT2D eigenvalue weighted by atomic mass is 9.77. The minimum atomic E-state index is -1.12. The van der Waals surface area contributed by atoms with E-state index in [0.717, 1.165) is 57.6 Å². The van der Waals surface area contributed by atoms with Gasteiger partial charge in [-0.3, -0.25) is 9.36 Å². The molecule has 0 saturated heterocycles. The minimum absolute atomic E-state index is 0.0464. The smallest absolute Gasteiger partial charge is 0.353 e. The first kappa shape index (κ1) is 38.0. The highest BCUT2D eigenvalue weighted by Crippen LogP contribution is 2.43. The molecular weight excluding hydrogens is 751 g/mol. The van der Waals surface area contributed by atoms with Gasteiger partial charge in [0.25, 0.3) is 5.56 Å². The number of aliphatic carboxylic acids is 1. The standard InChI is InChI=1S/C49H41N7O4/c1-2-3-23-45-50-42-29-28-35(44-31-43(48(58)59)52-60-44)30-41(42)47(57)55(45)32-33-24-26-34(27-25-33)39-21-13-14-22-40(39)46-51-53-54-56(46)49(36-15-7-4-8-16-36,37-17-9-5-10-18-37)38-19-11-6-12-20-38/h4-22,24-30,44H,2-3,23,31-32H2,1H3,(H,58,59). The predicted molar refractivity (Wildman–Crippen MR) is 231 cm³/mol. The number of carbonyl (C=O) groups is 1. The van der Waals surface area contributed by atoms with Gasteiger partial charge in [-0.15, -0.1) is 5.10 Å². The van der Waals surface area contributed by atoms with Crippen molar-refractivity contribution in [3.8, 4) is 22.5 Å². The third kappa shape index (κ3) is 6.93. The highest BCUT2D eigenvalue weighted by Gasteiger charge is 2.42. The Kier molecular flexibility index (Phi) is 10.4. The first-order valence-corrected chi connectivity index (χ1v) is 20.1.